The number of ether oxygens (including phenoxy) is 2. The Morgan fingerprint density at radius 3 is 2.52 bits per heavy atom. The van der Waals surface area contributed by atoms with Crippen LogP contribution in [0.15, 0.2) is 36.4 Å². The number of nitrogens with two attached hydrogens (primary N) is 1. The fourth-order valence-electron chi connectivity index (χ4n) is 3.64. The van der Waals surface area contributed by atoms with Gasteiger partial charge in [0.25, 0.3) is 5.91 Å². The first-order valence-electron chi connectivity index (χ1n) is 10.8. The van der Waals surface area contributed by atoms with E-state index in [4.69, 9.17) is 31.8 Å². The maximum atomic E-state index is 12.0. The van der Waals surface area contributed by atoms with Crippen molar-refractivity contribution >= 4 is 40.1 Å². The number of pyridine rings is 1. The Morgan fingerprint density at radius 1 is 1.09 bits per heavy atom. The lowest BCUT2D eigenvalue weighted by Crippen LogP contribution is -2.30. The van der Waals surface area contributed by atoms with Crippen molar-refractivity contribution in [3.05, 3.63) is 52.7 Å². The third-order valence-electron chi connectivity index (χ3n) is 5.70. The molecule has 33 heavy (non-hydrogen) atoms. The van der Waals surface area contributed by atoms with Crippen LogP contribution in [0.1, 0.15) is 47.7 Å². The fraction of sp³-hybridized carbons (Fsp3) is 0.292. The minimum absolute atomic E-state index is 0.245. The second-order valence-electron chi connectivity index (χ2n) is 8.37. The molecule has 170 valence electrons. The van der Waals surface area contributed by atoms with Gasteiger partial charge >= 0.3 is 6.03 Å². The lowest BCUT2D eigenvalue weighted by molar-refractivity contribution is 0.0997. The first kappa shape index (κ1) is 21.3. The number of nitrogens with zero attached hydrogens (tertiary/aromatic N) is 1. The quantitative estimate of drug-likeness (QED) is 0.455. The minimum Gasteiger partial charge on any atom is -0.496 e. The van der Waals surface area contributed by atoms with Crippen LogP contribution < -0.4 is 25.8 Å². The lowest BCUT2D eigenvalue weighted by atomic mass is 10.1. The van der Waals surface area contributed by atoms with Crippen molar-refractivity contribution in [1.82, 2.24) is 10.3 Å². The summed E-state index contributed by atoms with van der Waals surface area (Å²) in [5, 5.41) is 6.59. The van der Waals surface area contributed by atoms with Gasteiger partial charge in [-0.2, -0.15) is 0 Å². The highest BCUT2D eigenvalue weighted by Crippen LogP contribution is 2.43. The van der Waals surface area contributed by atoms with E-state index >= 15 is 0 Å². The Kier molecular flexibility index (Phi) is 5.46. The number of carbonyl (C=O) groups is 2. The van der Waals surface area contributed by atoms with Crippen LogP contribution in [0.5, 0.6) is 17.2 Å². The number of benzene rings is 2. The smallest absolute Gasteiger partial charge is 0.319 e. The lowest BCUT2D eigenvalue weighted by Gasteiger charge is -2.15. The largest absolute Gasteiger partial charge is 0.496 e. The molecule has 0 saturated heterocycles. The van der Waals surface area contributed by atoms with Gasteiger partial charge in [0.2, 0.25) is 0 Å². The van der Waals surface area contributed by atoms with Gasteiger partial charge < -0.3 is 25.8 Å². The van der Waals surface area contributed by atoms with Crippen LogP contribution in [0, 0.1) is 0 Å². The zero-order valence-electron chi connectivity index (χ0n) is 18.0. The molecular weight excluding hydrogens is 444 g/mol. The number of nitrogens with one attached hydrogen (secondary N) is 2. The molecule has 2 saturated carbocycles. The maximum Gasteiger partial charge on any atom is 0.319 e. The van der Waals surface area contributed by atoms with Gasteiger partial charge in [0.05, 0.1) is 28.9 Å². The van der Waals surface area contributed by atoms with E-state index < -0.39 is 5.91 Å². The summed E-state index contributed by atoms with van der Waals surface area (Å²) in [6.07, 6.45) is 4.15. The molecule has 2 aliphatic rings. The molecule has 1 heterocycles. The summed E-state index contributed by atoms with van der Waals surface area (Å²) < 4.78 is 11.5. The van der Waals surface area contributed by atoms with Crippen LogP contribution in [0.25, 0.3) is 10.9 Å². The number of hydrogen-bond donors (Lipinski definition) is 3. The molecule has 1 aromatic heterocycles. The fourth-order valence-corrected chi connectivity index (χ4v) is 3.85. The Labute approximate surface area is 195 Å². The Balaban J connectivity index is 1.48. The molecule has 0 bridgehead atoms. The van der Waals surface area contributed by atoms with Crippen molar-refractivity contribution in [3.63, 3.8) is 0 Å². The summed E-state index contributed by atoms with van der Waals surface area (Å²) in [7, 11) is 1.48. The van der Waals surface area contributed by atoms with Gasteiger partial charge in [-0.05, 0) is 43.9 Å². The van der Waals surface area contributed by atoms with Gasteiger partial charge in [-0.25, -0.2) is 4.79 Å². The Bertz CT molecular complexity index is 1270. The molecule has 0 radical (unpaired) electrons. The second kappa shape index (κ2) is 8.44. The SMILES string of the molecule is COc1cc2nc(C3CC3)cc(Oc3ccc(NC(=O)NC4CC4)c(Cl)c3)c2cc1C(N)=O. The molecule has 3 amide bonds. The molecule has 5 rings (SSSR count). The summed E-state index contributed by atoms with van der Waals surface area (Å²) >= 11 is 6.40. The molecular formula is C24H23ClN4O4. The molecule has 2 aromatic carbocycles. The standard InChI is InChI=1S/C24H23ClN4O4/c1-32-21-11-20-15(9-16(21)23(26)30)22(10-19(28-20)12-2-3-12)33-14-6-7-18(17(25)8-14)29-24(31)27-13-4-5-13/h6-13H,2-5H2,1H3,(H2,26,30)(H2,27,29,31). The predicted octanol–water partition coefficient (Wildman–Crippen LogP) is 4.95. The second-order valence-corrected chi connectivity index (χ2v) is 8.78. The third-order valence-corrected chi connectivity index (χ3v) is 6.01. The van der Waals surface area contributed by atoms with Crippen molar-refractivity contribution in [2.45, 2.75) is 37.6 Å². The topological polar surface area (TPSA) is 116 Å². The number of primary amides is 1. The van der Waals surface area contributed by atoms with E-state index in [0.29, 0.717) is 44.8 Å². The molecule has 2 fully saturated rings. The number of aromatic nitrogens is 1. The van der Waals surface area contributed by atoms with Gasteiger partial charge in [0.1, 0.15) is 17.2 Å². The van der Waals surface area contributed by atoms with Gasteiger partial charge in [0.15, 0.2) is 0 Å². The summed E-state index contributed by atoms with van der Waals surface area (Å²) in [5.41, 5.74) is 7.85. The molecule has 0 aliphatic heterocycles. The molecule has 0 atom stereocenters. The number of urea groups is 1. The van der Waals surface area contributed by atoms with Gasteiger partial charge in [-0.3, -0.25) is 9.78 Å². The molecule has 4 N–H and O–H groups in total. The van der Waals surface area contributed by atoms with Crippen LogP contribution >= 0.6 is 11.6 Å². The summed E-state index contributed by atoms with van der Waals surface area (Å²) in [5.74, 6) is 1.17. The number of hydrogen-bond acceptors (Lipinski definition) is 5. The van der Waals surface area contributed by atoms with Crippen LogP contribution in [0.3, 0.4) is 0 Å². The van der Waals surface area contributed by atoms with E-state index in [1.807, 2.05) is 6.07 Å². The van der Waals surface area contributed by atoms with Crippen LogP contribution in [0.4, 0.5) is 10.5 Å². The number of fused-ring (bicyclic) bond motifs is 1. The first-order valence-corrected chi connectivity index (χ1v) is 11.2. The Hall–Kier alpha value is -3.52. The van der Waals surface area contributed by atoms with E-state index in [0.717, 1.165) is 31.4 Å². The summed E-state index contributed by atoms with van der Waals surface area (Å²) in [4.78, 5) is 28.7. The van der Waals surface area contributed by atoms with Crippen molar-refractivity contribution in [2.24, 2.45) is 5.73 Å². The van der Waals surface area contributed by atoms with E-state index in [1.165, 1.54) is 7.11 Å². The molecule has 9 heteroatoms. The van der Waals surface area contributed by atoms with E-state index in [1.54, 1.807) is 30.3 Å². The molecule has 3 aromatic rings. The number of rotatable bonds is 7. The average molecular weight is 467 g/mol. The number of carbonyl (C=O) groups excluding carboxylic acids is 2. The van der Waals surface area contributed by atoms with Crippen molar-refractivity contribution in [3.8, 4) is 17.2 Å². The zero-order valence-corrected chi connectivity index (χ0v) is 18.7. The summed E-state index contributed by atoms with van der Waals surface area (Å²) in [6, 6.07) is 10.2. The van der Waals surface area contributed by atoms with Crippen molar-refractivity contribution in [2.75, 3.05) is 12.4 Å². The number of halogens is 1. The normalized spacial score (nSPS) is 15.2. The highest BCUT2D eigenvalue weighted by Gasteiger charge is 2.27. The minimum atomic E-state index is -0.603. The summed E-state index contributed by atoms with van der Waals surface area (Å²) in [6.45, 7) is 0. The van der Waals surface area contributed by atoms with Crippen LogP contribution in [-0.4, -0.2) is 30.1 Å². The van der Waals surface area contributed by atoms with Gasteiger partial charge in [0, 0.05) is 41.2 Å². The van der Waals surface area contributed by atoms with Crippen LogP contribution in [0.2, 0.25) is 5.02 Å². The molecule has 8 nitrogen and oxygen atoms in total. The Morgan fingerprint density at radius 2 is 1.88 bits per heavy atom. The van der Waals surface area contributed by atoms with Gasteiger partial charge in [-0.1, -0.05) is 11.6 Å². The maximum absolute atomic E-state index is 12.0. The molecule has 0 unspecified atom stereocenters. The van der Waals surface area contributed by atoms with Crippen molar-refractivity contribution < 1.29 is 19.1 Å². The molecule has 2 aliphatic carbocycles. The monoisotopic (exact) mass is 466 g/mol. The zero-order chi connectivity index (χ0) is 23.1. The van der Waals surface area contributed by atoms with Crippen LogP contribution in [-0.2, 0) is 0 Å². The van der Waals surface area contributed by atoms with Crippen molar-refractivity contribution in [1.29, 1.82) is 0 Å². The van der Waals surface area contributed by atoms with Gasteiger partial charge in [-0.15, -0.1) is 0 Å². The number of methoxy groups -OCH3 is 1. The average Bonchev–Trinajstić information content (AvgIpc) is 3.69. The van der Waals surface area contributed by atoms with E-state index in [2.05, 4.69) is 10.6 Å². The number of amides is 3. The van der Waals surface area contributed by atoms with E-state index in [-0.39, 0.29) is 17.6 Å². The third kappa shape index (κ3) is 4.66. The molecule has 0 spiro atoms. The predicted molar refractivity (Wildman–Crippen MR) is 125 cm³/mol. The van der Waals surface area contributed by atoms with E-state index in [9.17, 15) is 9.59 Å². The highest BCUT2D eigenvalue weighted by molar-refractivity contribution is 6.33. The number of anilines is 1. The first-order chi connectivity index (χ1) is 15.9. The highest BCUT2D eigenvalue weighted by atomic mass is 35.5.